The predicted octanol–water partition coefficient (Wildman–Crippen LogP) is 5.96. The number of nitrogens with one attached hydrogen (secondary N) is 1. The lowest BCUT2D eigenvalue weighted by Crippen LogP contribution is -2.40. The van der Waals surface area contributed by atoms with Gasteiger partial charge >= 0.3 is 6.18 Å². The lowest BCUT2D eigenvalue weighted by molar-refractivity contribution is -0.175. The number of ether oxygens (including phenoxy) is 1. The van der Waals surface area contributed by atoms with Crippen LogP contribution in [0.4, 0.5) is 13.2 Å². The molecule has 0 radical (unpaired) electrons. The van der Waals surface area contributed by atoms with E-state index in [-0.39, 0.29) is 12.4 Å². The Balaban J connectivity index is 4.22. The Hall–Kier alpha value is -0.340. The number of sulfonamides is 1. The molecule has 8 heteroatoms. The summed E-state index contributed by atoms with van der Waals surface area (Å²) in [6, 6.07) is -0.599. The Morgan fingerprint density at radius 2 is 1.32 bits per heavy atom. The fraction of sp³-hybridized carbons (Fsp3) is 1.00. The smallest absolute Gasteiger partial charge is 0.370 e. The van der Waals surface area contributed by atoms with Crippen LogP contribution in [-0.4, -0.2) is 39.6 Å². The van der Waals surface area contributed by atoms with Crippen molar-refractivity contribution in [2.24, 2.45) is 0 Å². The van der Waals surface area contributed by atoms with E-state index >= 15 is 0 Å². The Morgan fingerprint density at radius 1 is 0.821 bits per heavy atom. The van der Waals surface area contributed by atoms with Crippen LogP contribution < -0.4 is 4.72 Å². The van der Waals surface area contributed by atoms with Gasteiger partial charge in [-0.05, 0) is 12.8 Å². The third-order valence-corrected chi connectivity index (χ3v) is 6.12. The van der Waals surface area contributed by atoms with Crippen LogP contribution in [0.2, 0.25) is 0 Å². The Morgan fingerprint density at radius 3 is 1.86 bits per heavy atom. The van der Waals surface area contributed by atoms with Gasteiger partial charge in [0.2, 0.25) is 10.0 Å². The lowest BCUT2D eigenvalue weighted by atomic mass is 10.1. The highest BCUT2D eigenvalue weighted by atomic mass is 32.2. The van der Waals surface area contributed by atoms with Crippen molar-refractivity contribution in [1.29, 1.82) is 0 Å². The standard InChI is InChI=1S/C20H40F3NO3S/c1-3-5-7-9-10-11-12-14-16-28(25,26)24-19(15-13-8-6-4-2)17-27-18-20(21,22)23/h19,24H,3-18H2,1-2H3/t19-/m0/s1. The molecule has 0 aromatic carbocycles. The Kier molecular flexibility index (Phi) is 16.3. The van der Waals surface area contributed by atoms with Crippen LogP contribution in [0.1, 0.15) is 97.3 Å². The van der Waals surface area contributed by atoms with Crippen LogP contribution >= 0.6 is 0 Å². The van der Waals surface area contributed by atoms with Gasteiger partial charge in [-0.25, -0.2) is 13.1 Å². The zero-order chi connectivity index (χ0) is 21.3. The molecule has 0 aliphatic rings. The van der Waals surface area contributed by atoms with E-state index in [0.717, 1.165) is 44.9 Å². The van der Waals surface area contributed by atoms with Gasteiger partial charge in [-0.15, -0.1) is 0 Å². The predicted molar refractivity (Wildman–Crippen MR) is 109 cm³/mol. The quantitative estimate of drug-likeness (QED) is 0.257. The van der Waals surface area contributed by atoms with Crippen molar-refractivity contribution in [2.45, 2.75) is 110 Å². The minimum Gasteiger partial charge on any atom is -0.370 e. The second-order valence-corrected chi connectivity index (χ2v) is 9.46. The number of alkyl halides is 3. The minimum absolute atomic E-state index is 0.0205. The topological polar surface area (TPSA) is 55.4 Å². The van der Waals surface area contributed by atoms with Gasteiger partial charge in [0.05, 0.1) is 12.4 Å². The summed E-state index contributed by atoms with van der Waals surface area (Å²) in [6.45, 7) is 2.64. The highest BCUT2D eigenvalue weighted by molar-refractivity contribution is 7.89. The summed E-state index contributed by atoms with van der Waals surface area (Å²) in [5.74, 6) is 0.0205. The van der Waals surface area contributed by atoms with Gasteiger partial charge in [-0.2, -0.15) is 13.2 Å². The van der Waals surface area contributed by atoms with E-state index in [1.54, 1.807) is 0 Å². The van der Waals surface area contributed by atoms with Crippen LogP contribution in [-0.2, 0) is 14.8 Å². The summed E-state index contributed by atoms with van der Waals surface area (Å²) < 4.78 is 68.6. The minimum atomic E-state index is -4.40. The average Bonchev–Trinajstić information content (AvgIpc) is 2.59. The highest BCUT2D eigenvalue weighted by Crippen LogP contribution is 2.16. The first kappa shape index (κ1) is 27.7. The van der Waals surface area contributed by atoms with Crippen LogP contribution in [0.25, 0.3) is 0 Å². The lowest BCUT2D eigenvalue weighted by Gasteiger charge is -2.19. The van der Waals surface area contributed by atoms with Gasteiger partial charge < -0.3 is 4.74 Å². The van der Waals surface area contributed by atoms with E-state index in [2.05, 4.69) is 18.6 Å². The average molecular weight is 432 g/mol. The summed E-state index contributed by atoms with van der Waals surface area (Å²) in [5, 5.41) is 0. The monoisotopic (exact) mass is 431 g/mol. The third kappa shape index (κ3) is 19.0. The molecule has 0 aliphatic carbocycles. The summed E-state index contributed by atoms with van der Waals surface area (Å²) in [5.41, 5.74) is 0. The maximum atomic E-state index is 12.3. The SMILES string of the molecule is CCCCCCCCCCS(=O)(=O)N[C@@H](CCCCCC)COCC(F)(F)F. The van der Waals surface area contributed by atoms with E-state index in [0.29, 0.717) is 12.8 Å². The molecule has 0 aromatic rings. The molecule has 0 rings (SSSR count). The van der Waals surface area contributed by atoms with Gasteiger partial charge in [-0.1, -0.05) is 84.5 Å². The van der Waals surface area contributed by atoms with Gasteiger partial charge in [0.1, 0.15) is 6.61 Å². The van der Waals surface area contributed by atoms with Crippen molar-refractivity contribution in [3.05, 3.63) is 0 Å². The summed E-state index contributed by atoms with van der Waals surface area (Å²) in [6.07, 6.45) is 8.33. The van der Waals surface area contributed by atoms with Gasteiger partial charge in [-0.3, -0.25) is 0 Å². The Labute approximate surface area is 170 Å². The normalized spacial score (nSPS) is 13.8. The zero-order valence-corrected chi connectivity index (χ0v) is 18.5. The molecule has 28 heavy (non-hydrogen) atoms. The van der Waals surface area contributed by atoms with Gasteiger partial charge in [0.15, 0.2) is 0 Å². The van der Waals surface area contributed by atoms with Gasteiger partial charge in [0, 0.05) is 6.04 Å². The molecule has 0 aromatic heterocycles. The first-order valence-corrected chi connectivity index (χ1v) is 12.5. The molecule has 4 nitrogen and oxygen atoms in total. The molecule has 0 unspecified atom stereocenters. The van der Waals surface area contributed by atoms with Crippen molar-refractivity contribution in [1.82, 2.24) is 4.72 Å². The van der Waals surface area contributed by atoms with Crippen LogP contribution in [0.5, 0.6) is 0 Å². The number of unbranched alkanes of at least 4 members (excludes halogenated alkanes) is 10. The van der Waals surface area contributed by atoms with E-state index in [9.17, 15) is 21.6 Å². The summed E-state index contributed by atoms with van der Waals surface area (Å²) >= 11 is 0. The first-order valence-electron chi connectivity index (χ1n) is 10.8. The number of hydrogen-bond acceptors (Lipinski definition) is 3. The summed E-state index contributed by atoms with van der Waals surface area (Å²) in [7, 11) is -3.50. The second-order valence-electron chi connectivity index (χ2n) is 7.59. The van der Waals surface area contributed by atoms with Crippen molar-refractivity contribution in [3.8, 4) is 0 Å². The molecule has 0 aliphatic heterocycles. The van der Waals surface area contributed by atoms with Crippen molar-refractivity contribution < 1.29 is 26.3 Å². The largest absolute Gasteiger partial charge is 0.411 e. The number of hydrogen-bond donors (Lipinski definition) is 1. The molecule has 0 bridgehead atoms. The number of rotatable bonds is 19. The third-order valence-electron chi connectivity index (χ3n) is 4.60. The van der Waals surface area contributed by atoms with Crippen molar-refractivity contribution in [2.75, 3.05) is 19.0 Å². The molecule has 0 saturated carbocycles. The molecule has 0 fully saturated rings. The van der Waals surface area contributed by atoms with Crippen molar-refractivity contribution in [3.63, 3.8) is 0 Å². The van der Waals surface area contributed by atoms with Crippen LogP contribution in [0.3, 0.4) is 0 Å². The molecule has 0 saturated heterocycles. The van der Waals surface area contributed by atoms with E-state index in [1.165, 1.54) is 25.7 Å². The van der Waals surface area contributed by atoms with Crippen LogP contribution in [0, 0.1) is 0 Å². The summed E-state index contributed by atoms with van der Waals surface area (Å²) in [4.78, 5) is 0. The van der Waals surface area contributed by atoms with Crippen molar-refractivity contribution >= 4 is 10.0 Å². The maximum absolute atomic E-state index is 12.3. The second kappa shape index (κ2) is 16.5. The Bertz CT molecular complexity index is 456. The van der Waals surface area contributed by atoms with E-state index in [1.807, 2.05) is 0 Å². The zero-order valence-electron chi connectivity index (χ0n) is 17.7. The molecule has 0 amide bonds. The first-order chi connectivity index (χ1) is 13.2. The van der Waals surface area contributed by atoms with E-state index in [4.69, 9.17) is 4.74 Å². The maximum Gasteiger partial charge on any atom is 0.411 e. The molecular formula is C20H40F3NO3S. The van der Waals surface area contributed by atoms with Crippen LogP contribution in [0.15, 0.2) is 0 Å². The molecule has 0 heterocycles. The van der Waals surface area contributed by atoms with E-state index < -0.39 is 28.8 Å². The molecular weight excluding hydrogens is 391 g/mol. The molecule has 1 atom stereocenters. The molecule has 0 spiro atoms. The fourth-order valence-electron chi connectivity index (χ4n) is 3.05. The fourth-order valence-corrected chi connectivity index (χ4v) is 4.45. The highest BCUT2D eigenvalue weighted by Gasteiger charge is 2.28. The molecule has 170 valence electrons. The molecule has 1 N–H and O–H groups in total. The van der Waals surface area contributed by atoms with Gasteiger partial charge in [0.25, 0.3) is 0 Å². The number of halogens is 3.